The Morgan fingerprint density at radius 2 is 1.86 bits per heavy atom. The lowest BCUT2D eigenvalue weighted by Crippen LogP contribution is -2.40. The van der Waals surface area contributed by atoms with Gasteiger partial charge in [0.05, 0.1) is 5.69 Å². The average Bonchev–Trinajstić information content (AvgIpc) is 2.70. The number of hydrogen-bond acceptors (Lipinski definition) is 5. The molecule has 3 rings (SSSR count). The monoisotopic (exact) mass is 304 g/mol. The van der Waals surface area contributed by atoms with Crippen molar-refractivity contribution in [3.8, 4) is 0 Å². The fourth-order valence-corrected chi connectivity index (χ4v) is 3.54. The van der Waals surface area contributed by atoms with Gasteiger partial charge in [0.1, 0.15) is 0 Å². The van der Waals surface area contributed by atoms with E-state index in [1.54, 1.807) is 0 Å². The van der Waals surface area contributed by atoms with E-state index in [1.165, 1.54) is 24.1 Å². The number of aryl methyl sites for hydroxylation is 1. The fraction of sp³-hybridized carbons (Fsp3) is 0.765. The van der Waals surface area contributed by atoms with Crippen LogP contribution in [-0.2, 0) is 17.6 Å². The maximum Gasteiger partial charge on any atom is 0.223 e. The first kappa shape index (κ1) is 15.7. The van der Waals surface area contributed by atoms with Gasteiger partial charge in [0, 0.05) is 50.5 Å². The topological polar surface area (TPSA) is 50.3 Å². The first-order valence-corrected chi connectivity index (χ1v) is 8.58. The van der Waals surface area contributed by atoms with Crippen LogP contribution in [0.4, 0.5) is 5.95 Å². The van der Waals surface area contributed by atoms with Crippen molar-refractivity contribution in [1.29, 1.82) is 0 Å². The number of rotatable bonds is 3. The molecule has 0 atom stereocenters. The third-order valence-electron chi connectivity index (χ3n) is 4.71. The second-order valence-corrected chi connectivity index (χ2v) is 6.74. The van der Waals surface area contributed by atoms with Gasteiger partial charge >= 0.3 is 0 Å². The third kappa shape index (κ3) is 3.58. The second-order valence-electron chi connectivity index (χ2n) is 6.74. The van der Waals surface area contributed by atoms with Crippen molar-refractivity contribution in [3.05, 3.63) is 17.0 Å². The molecule has 1 aromatic rings. The minimum Gasteiger partial charge on any atom is -0.381 e. The first-order valence-electron chi connectivity index (χ1n) is 8.58. The highest BCUT2D eigenvalue weighted by Gasteiger charge is 2.25. The lowest BCUT2D eigenvalue weighted by atomic mass is 10.1. The van der Waals surface area contributed by atoms with E-state index >= 15 is 0 Å². The Balaban J connectivity index is 1.74. The van der Waals surface area contributed by atoms with Crippen molar-refractivity contribution in [2.75, 3.05) is 31.6 Å². The van der Waals surface area contributed by atoms with Crippen LogP contribution in [-0.4, -0.2) is 53.3 Å². The summed E-state index contributed by atoms with van der Waals surface area (Å²) in [5, 5.41) is 3.34. The lowest BCUT2D eigenvalue weighted by Gasteiger charge is -2.33. The molecule has 0 aliphatic carbocycles. The minimum atomic E-state index is 0.363. The molecule has 2 aliphatic rings. The Bertz CT molecular complexity index is 512. The number of hydrogen-bond donors (Lipinski definition) is 1. The van der Waals surface area contributed by atoms with E-state index in [1.807, 2.05) is 0 Å². The Labute approximate surface area is 133 Å². The van der Waals surface area contributed by atoms with Gasteiger partial charge in [0.2, 0.25) is 5.95 Å². The maximum atomic E-state index is 5.50. The predicted octanol–water partition coefficient (Wildman–Crippen LogP) is 2.18. The summed E-state index contributed by atoms with van der Waals surface area (Å²) in [5.41, 5.74) is 3.75. The SMILES string of the molecule is Cc1nc(NC(C)C)nc2c1CCN(C1CCOCC1)CC2. The molecule has 1 N–H and O–H groups in total. The summed E-state index contributed by atoms with van der Waals surface area (Å²) >= 11 is 0. The molecule has 22 heavy (non-hydrogen) atoms. The van der Waals surface area contributed by atoms with Crippen LogP contribution >= 0.6 is 0 Å². The van der Waals surface area contributed by atoms with E-state index < -0.39 is 0 Å². The molecule has 0 amide bonds. The molecule has 2 aliphatic heterocycles. The highest BCUT2D eigenvalue weighted by atomic mass is 16.5. The number of nitrogens with zero attached hydrogens (tertiary/aromatic N) is 3. The van der Waals surface area contributed by atoms with E-state index in [2.05, 4.69) is 36.0 Å². The minimum absolute atomic E-state index is 0.363. The predicted molar refractivity (Wildman–Crippen MR) is 88.3 cm³/mol. The van der Waals surface area contributed by atoms with Crippen LogP contribution in [0.5, 0.6) is 0 Å². The van der Waals surface area contributed by atoms with E-state index in [9.17, 15) is 0 Å². The fourth-order valence-electron chi connectivity index (χ4n) is 3.54. The maximum absolute atomic E-state index is 5.50. The molecule has 0 saturated carbocycles. The Morgan fingerprint density at radius 1 is 1.14 bits per heavy atom. The van der Waals surface area contributed by atoms with Gasteiger partial charge in [-0.15, -0.1) is 0 Å². The highest BCUT2D eigenvalue weighted by molar-refractivity contribution is 5.36. The molecule has 0 bridgehead atoms. The van der Waals surface area contributed by atoms with Crippen molar-refractivity contribution < 1.29 is 4.74 Å². The molecular formula is C17H28N4O. The first-order chi connectivity index (χ1) is 10.6. The Morgan fingerprint density at radius 3 is 2.59 bits per heavy atom. The summed E-state index contributed by atoms with van der Waals surface area (Å²) in [6, 6.07) is 1.05. The number of fused-ring (bicyclic) bond motifs is 1. The van der Waals surface area contributed by atoms with Gasteiger partial charge < -0.3 is 10.1 Å². The van der Waals surface area contributed by atoms with Gasteiger partial charge in [-0.25, -0.2) is 9.97 Å². The number of nitrogens with one attached hydrogen (secondary N) is 1. The summed E-state index contributed by atoms with van der Waals surface area (Å²) in [6.45, 7) is 10.4. The Hall–Kier alpha value is -1.20. The van der Waals surface area contributed by atoms with Crippen LogP contribution in [0.25, 0.3) is 0 Å². The molecule has 122 valence electrons. The molecule has 0 unspecified atom stereocenters. The van der Waals surface area contributed by atoms with Crippen molar-refractivity contribution in [1.82, 2.24) is 14.9 Å². The zero-order valence-electron chi connectivity index (χ0n) is 14.1. The third-order valence-corrected chi connectivity index (χ3v) is 4.71. The molecule has 1 fully saturated rings. The van der Waals surface area contributed by atoms with Crippen LogP contribution < -0.4 is 5.32 Å². The second kappa shape index (κ2) is 6.92. The molecule has 0 radical (unpaired) electrons. The van der Waals surface area contributed by atoms with E-state index in [-0.39, 0.29) is 0 Å². The van der Waals surface area contributed by atoms with E-state index in [4.69, 9.17) is 9.72 Å². The molecule has 5 nitrogen and oxygen atoms in total. The smallest absolute Gasteiger partial charge is 0.223 e. The molecule has 0 aromatic carbocycles. The zero-order valence-corrected chi connectivity index (χ0v) is 14.1. The van der Waals surface area contributed by atoms with Crippen molar-refractivity contribution in [3.63, 3.8) is 0 Å². The zero-order chi connectivity index (χ0) is 15.5. The van der Waals surface area contributed by atoms with Gasteiger partial charge in [-0.05, 0) is 45.6 Å². The summed E-state index contributed by atoms with van der Waals surface area (Å²) in [7, 11) is 0. The summed E-state index contributed by atoms with van der Waals surface area (Å²) in [4.78, 5) is 12.1. The summed E-state index contributed by atoms with van der Waals surface area (Å²) in [6.07, 6.45) is 4.44. The van der Waals surface area contributed by atoms with Gasteiger partial charge in [-0.2, -0.15) is 0 Å². The van der Waals surface area contributed by atoms with Crippen LogP contribution in [0.2, 0.25) is 0 Å². The lowest BCUT2D eigenvalue weighted by molar-refractivity contribution is 0.0355. The van der Waals surface area contributed by atoms with Crippen LogP contribution in [0, 0.1) is 6.92 Å². The average molecular weight is 304 g/mol. The number of aromatic nitrogens is 2. The number of ether oxygens (including phenoxy) is 1. The van der Waals surface area contributed by atoms with Crippen molar-refractivity contribution >= 4 is 5.95 Å². The molecule has 5 heteroatoms. The van der Waals surface area contributed by atoms with Crippen molar-refractivity contribution in [2.45, 2.75) is 58.5 Å². The molecule has 3 heterocycles. The standard InChI is InChI=1S/C17H28N4O/c1-12(2)18-17-19-13(3)15-4-8-21(9-5-16(15)20-17)14-6-10-22-11-7-14/h12,14H,4-11H2,1-3H3,(H,18,19,20). The van der Waals surface area contributed by atoms with Crippen LogP contribution in [0.1, 0.15) is 43.6 Å². The van der Waals surface area contributed by atoms with Gasteiger partial charge in [-0.1, -0.05) is 0 Å². The normalized spacial score (nSPS) is 20.7. The quantitative estimate of drug-likeness (QED) is 0.927. The largest absolute Gasteiger partial charge is 0.381 e. The molecular weight excluding hydrogens is 276 g/mol. The van der Waals surface area contributed by atoms with Gasteiger partial charge in [-0.3, -0.25) is 4.90 Å². The summed E-state index contributed by atoms with van der Waals surface area (Å²) < 4.78 is 5.50. The summed E-state index contributed by atoms with van der Waals surface area (Å²) in [5.74, 6) is 0.783. The van der Waals surface area contributed by atoms with Gasteiger partial charge in [0.25, 0.3) is 0 Å². The van der Waals surface area contributed by atoms with E-state index in [0.29, 0.717) is 12.1 Å². The molecule has 1 aromatic heterocycles. The highest BCUT2D eigenvalue weighted by Crippen LogP contribution is 2.22. The van der Waals surface area contributed by atoms with Crippen LogP contribution in [0.3, 0.4) is 0 Å². The molecule has 0 spiro atoms. The number of anilines is 1. The Kier molecular flexibility index (Phi) is 4.93. The molecule has 1 saturated heterocycles. The van der Waals surface area contributed by atoms with E-state index in [0.717, 1.165) is 50.8 Å². The van der Waals surface area contributed by atoms with Crippen LogP contribution in [0.15, 0.2) is 0 Å². The van der Waals surface area contributed by atoms with Crippen molar-refractivity contribution in [2.24, 2.45) is 0 Å². The van der Waals surface area contributed by atoms with Gasteiger partial charge in [0.15, 0.2) is 0 Å².